The summed E-state index contributed by atoms with van der Waals surface area (Å²) in [6.45, 7) is 4.21. The molecule has 19 heavy (non-hydrogen) atoms. The predicted octanol–water partition coefficient (Wildman–Crippen LogP) is 4.53. The molecule has 0 aliphatic rings. The number of ether oxygens (including phenoxy) is 1. The molecule has 0 saturated carbocycles. The van der Waals surface area contributed by atoms with E-state index in [9.17, 15) is 0 Å². The minimum Gasteiger partial charge on any atom is -0.492 e. The van der Waals surface area contributed by atoms with Crippen LogP contribution in [0.1, 0.15) is 10.4 Å². The molecular formula is C14H15Cl2NOS. The highest BCUT2D eigenvalue weighted by Crippen LogP contribution is 2.22. The number of aryl methyl sites for hydroxylation is 1. The Balaban J connectivity index is 1.70. The van der Waals surface area contributed by atoms with E-state index in [1.54, 1.807) is 11.3 Å². The number of hydrogen-bond donors (Lipinski definition) is 1. The molecule has 1 aromatic carbocycles. The van der Waals surface area contributed by atoms with Gasteiger partial charge >= 0.3 is 0 Å². The van der Waals surface area contributed by atoms with Gasteiger partial charge in [0.05, 0.1) is 4.34 Å². The van der Waals surface area contributed by atoms with Gasteiger partial charge in [0.2, 0.25) is 0 Å². The maximum atomic E-state index is 5.93. The summed E-state index contributed by atoms with van der Waals surface area (Å²) in [5.41, 5.74) is 1.09. The third kappa shape index (κ3) is 4.69. The molecule has 1 N–H and O–H groups in total. The molecule has 102 valence electrons. The van der Waals surface area contributed by atoms with Gasteiger partial charge in [-0.05, 0) is 36.8 Å². The Kier molecular flexibility index (Phi) is 5.52. The van der Waals surface area contributed by atoms with E-state index < -0.39 is 0 Å². The SMILES string of the molecule is Cc1ccc(Cl)cc1OCCNCc1ccc(Cl)s1. The summed E-state index contributed by atoms with van der Waals surface area (Å²) in [6.07, 6.45) is 0. The number of benzene rings is 1. The molecule has 0 unspecified atom stereocenters. The van der Waals surface area contributed by atoms with Gasteiger partial charge in [-0.1, -0.05) is 29.3 Å². The van der Waals surface area contributed by atoms with Crippen molar-refractivity contribution in [2.24, 2.45) is 0 Å². The van der Waals surface area contributed by atoms with Crippen molar-refractivity contribution in [3.05, 3.63) is 50.1 Å². The topological polar surface area (TPSA) is 21.3 Å². The van der Waals surface area contributed by atoms with E-state index >= 15 is 0 Å². The second-order valence-corrected chi connectivity index (χ2v) is 6.38. The third-order valence-corrected chi connectivity index (χ3v) is 4.08. The molecule has 0 atom stereocenters. The first kappa shape index (κ1) is 14.7. The smallest absolute Gasteiger partial charge is 0.123 e. The fraction of sp³-hybridized carbons (Fsp3) is 0.286. The van der Waals surface area contributed by atoms with E-state index in [0.29, 0.717) is 11.6 Å². The Morgan fingerprint density at radius 2 is 2.05 bits per heavy atom. The van der Waals surface area contributed by atoms with Crippen molar-refractivity contribution in [2.75, 3.05) is 13.2 Å². The lowest BCUT2D eigenvalue weighted by atomic mass is 10.2. The number of thiophene rings is 1. The van der Waals surface area contributed by atoms with Gasteiger partial charge in [-0.25, -0.2) is 0 Å². The normalized spacial score (nSPS) is 10.7. The van der Waals surface area contributed by atoms with Gasteiger partial charge in [-0.15, -0.1) is 11.3 Å². The fourth-order valence-electron chi connectivity index (χ4n) is 1.62. The number of rotatable bonds is 6. The first-order chi connectivity index (χ1) is 9.15. The van der Waals surface area contributed by atoms with E-state index in [-0.39, 0.29) is 0 Å². The average Bonchev–Trinajstić information content (AvgIpc) is 2.79. The Bertz CT molecular complexity index is 542. The van der Waals surface area contributed by atoms with Crippen LogP contribution in [-0.4, -0.2) is 13.2 Å². The first-order valence-corrected chi connectivity index (χ1v) is 7.56. The summed E-state index contributed by atoms with van der Waals surface area (Å²) in [7, 11) is 0. The summed E-state index contributed by atoms with van der Waals surface area (Å²) in [4.78, 5) is 1.23. The maximum Gasteiger partial charge on any atom is 0.123 e. The maximum absolute atomic E-state index is 5.93. The van der Waals surface area contributed by atoms with E-state index in [0.717, 1.165) is 28.7 Å². The molecule has 0 aliphatic carbocycles. The van der Waals surface area contributed by atoms with E-state index in [1.807, 2.05) is 37.3 Å². The largest absolute Gasteiger partial charge is 0.492 e. The Morgan fingerprint density at radius 1 is 1.21 bits per heavy atom. The second-order valence-electron chi connectivity index (χ2n) is 4.14. The summed E-state index contributed by atoms with van der Waals surface area (Å²) in [6, 6.07) is 9.61. The lowest BCUT2D eigenvalue weighted by Crippen LogP contribution is -2.20. The van der Waals surface area contributed by atoms with Crippen LogP contribution in [0.2, 0.25) is 9.36 Å². The van der Waals surface area contributed by atoms with Gasteiger partial charge in [0.25, 0.3) is 0 Å². The highest BCUT2D eigenvalue weighted by atomic mass is 35.5. The standard InChI is InChI=1S/C14H15Cl2NOS/c1-10-2-3-11(15)8-13(10)18-7-6-17-9-12-4-5-14(16)19-12/h2-5,8,17H,6-7,9H2,1H3. The summed E-state index contributed by atoms with van der Waals surface area (Å²) < 4.78 is 6.51. The van der Waals surface area contributed by atoms with Crippen LogP contribution < -0.4 is 10.1 Å². The lowest BCUT2D eigenvalue weighted by molar-refractivity contribution is 0.312. The molecule has 2 rings (SSSR count). The molecule has 1 aromatic heterocycles. The minimum absolute atomic E-state index is 0.611. The van der Waals surface area contributed by atoms with Gasteiger partial charge < -0.3 is 10.1 Å². The van der Waals surface area contributed by atoms with Crippen molar-refractivity contribution in [3.63, 3.8) is 0 Å². The monoisotopic (exact) mass is 315 g/mol. The van der Waals surface area contributed by atoms with Crippen LogP contribution in [0.3, 0.4) is 0 Å². The molecule has 2 nitrogen and oxygen atoms in total. The van der Waals surface area contributed by atoms with Crippen molar-refractivity contribution in [1.82, 2.24) is 5.32 Å². The van der Waals surface area contributed by atoms with Crippen LogP contribution in [0.15, 0.2) is 30.3 Å². The van der Waals surface area contributed by atoms with Gasteiger partial charge in [0.15, 0.2) is 0 Å². The van der Waals surface area contributed by atoms with Gasteiger partial charge in [-0.3, -0.25) is 0 Å². The first-order valence-electron chi connectivity index (χ1n) is 5.99. The highest BCUT2D eigenvalue weighted by molar-refractivity contribution is 7.16. The zero-order chi connectivity index (χ0) is 13.7. The van der Waals surface area contributed by atoms with Crippen LogP contribution in [0, 0.1) is 6.92 Å². The molecule has 0 fully saturated rings. The molecule has 1 heterocycles. The van der Waals surface area contributed by atoms with Crippen molar-refractivity contribution < 1.29 is 4.74 Å². The third-order valence-electron chi connectivity index (χ3n) is 2.61. The van der Waals surface area contributed by atoms with Crippen molar-refractivity contribution in [1.29, 1.82) is 0 Å². The van der Waals surface area contributed by atoms with Gasteiger partial charge in [-0.2, -0.15) is 0 Å². The molecule has 0 saturated heterocycles. The van der Waals surface area contributed by atoms with Crippen LogP contribution in [0.25, 0.3) is 0 Å². The summed E-state index contributed by atoms with van der Waals surface area (Å²) >= 11 is 13.4. The molecule has 0 bridgehead atoms. The van der Waals surface area contributed by atoms with E-state index in [1.165, 1.54) is 4.88 Å². The zero-order valence-corrected chi connectivity index (χ0v) is 12.9. The molecule has 5 heteroatoms. The highest BCUT2D eigenvalue weighted by Gasteiger charge is 2.01. The number of hydrogen-bond acceptors (Lipinski definition) is 3. The molecule has 0 aliphatic heterocycles. The molecule has 0 radical (unpaired) electrons. The second kappa shape index (κ2) is 7.15. The molecule has 2 aromatic rings. The Hall–Kier alpha value is -0.740. The molecule has 0 spiro atoms. The number of nitrogens with one attached hydrogen (secondary N) is 1. The van der Waals surface area contributed by atoms with E-state index in [4.69, 9.17) is 27.9 Å². The van der Waals surface area contributed by atoms with Gasteiger partial charge in [0.1, 0.15) is 12.4 Å². The van der Waals surface area contributed by atoms with Crippen molar-refractivity contribution >= 4 is 34.5 Å². The van der Waals surface area contributed by atoms with E-state index in [2.05, 4.69) is 5.32 Å². The average molecular weight is 316 g/mol. The number of halogens is 2. The summed E-state index contributed by atoms with van der Waals surface area (Å²) in [5.74, 6) is 0.841. The van der Waals surface area contributed by atoms with Crippen LogP contribution in [0.5, 0.6) is 5.75 Å². The fourth-order valence-corrected chi connectivity index (χ4v) is 2.84. The Morgan fingerprint density at radius 3 is 2.79 bits per heavy atom. The predicted molar refractivity (Wildman–Crippen MR) is 82.7 cm³/mol. The lowest BCUT2D eigenvalue weighted by Gasteiger charge is -2.09. The van der Waals surface area contributed by atoms with Crippen LogP contribution >= 0.6 is 34.5 Å². The van der Waals surface area contributed by atoms with Crippen molar-refractivity contribution in [2.45, 2.75) is 13.5 Å². The van der Waals surface area contributed by atoms with Crippen molar-refractivity contribution in [3.8, 4) is 5.75 Å². The Labute approximate surface area is 127 Å². The molecule has 0 amide bonds. The quantitative estimate of drug-likeness (QED) is 0.791. The molecular weight excluding hydrogens is 301 g/mol. The van der Waals surface area contributed by atoms with Crippen LogP contribution in [-0.2, 0) is 6.54 Å². The van der Waals surface area contributed by atoms with Gasteiger partial charge in [0, 0.05) is 23.0 Å². The van der Waals surface area contributed by atoms with Crippen LogP contribution in [0.4, 0.5) is 0 Å². The minimum atomic E-state index is 0.611. The summed E-state index contributed by atoms with van der Waals surface area (Å²) in [5, 5.41) is 4.01. The zero-order valence-electron chi connectivity index (χ0n) is 10.6.